The predicted octanol–water partition coefficient (Wildman–Crippen LogP) is 3.46. The smallest absolute Gasteiger partial charge is 0.325 e. The van der Waals surface area contributed by atoms with Crippen LogP contribution in [0, 0.1) is 0 Å². The monoisotopic (exact) mass is 464 g/mol. The first kappa shape index (κ1) is 20.7. The highest BCUT2D eigenvalue weighted by Crippen LogP contribution is 2.26. The Morgan fingerprint density at radius 1 is 1.12 bits per heavy atom. The van der Waals surface area contributed by atoms with Crippen LogP contribution in [-0.2, 0) is 24.2 Å². The summed E-state index contributed by atoms with van der Waals surface area (Å²) < 4.78 is 3.40. The number of hydrogen-bond acceptors (Lipinski definition) is 6. The topological polar surface area (TPSA) is 86.0 Å². The van der Waals surface area contributed by atoms with Crippen LogP contribution in [0.15, 0.2) is 62.5 Å². The van der Waals surface area contributed by atoms with Crippen LogP contribution >= 0.6 is 23.1 Å². The number of nitrogens with one attached hydrogen (secondary N) is 1. The zero-order chi connectivity index (χ0) is 22.2. The minimum Gasteiger partial charge on any atom is -0.325 e. The highest BCUT2D eigenvalue weighted by molar-refractivity contribution is 8.00. The lowest BCUT2D eigenvalue weighted by Gasteiger charge is -2.12. The largest absolute Gasteiger partial charge is 0.337 e. The van der Waals surface area contributed by atoms with Crippen LogP contribution in [0.3, 0.4) is 0 Å². The van der Waals surface area contributed by atoms with Gasteiger partial charge in [0.05, 0.1) is 5.69 Å². The summed E-state index contributed by atoms with van der Waals surface area (Å²) in [6, 6.07) is 14.7. The summed E-state index contributed by atoms with van der Waals surface area (Å²) in [5, 5.41) is 2.89. The Kier molecular flexibility index (Phi) is 5.44. The summed E-state index contributed by atoms with van der Waals surface area (Å²) in [5.41, 5.74) is 2.97. The summed E-state index contributed by atoms with van der Waals surface area (Å²) in [5.74, 6) is -0.344. The van der Waals surface area contributed by atoms with Gasteiger partial charge in [0, 0.05) is 5.69 Å². The molecule has 0 unspecified atom stereocenters. The second kappa shape index (κ2) is 8.40. The van der Waals surface area contributed by atoms with Gasteiger partial charge < -0.3 is 5.32 Å². The number of rotatable bonds is 5. The fraction of sp³-hybridized carbons (Fsp3) is 0.217. The molecule has 1 N–H and O–H groups in total. The van der Waals surface area contributed by atoms with E-state index < -0.39 is 11.2 Å². The van der Waals surface area contributed by atoms with Gasteiger partial charge in [0.25, 0.3) is 5.56 Å². The first-order valence-electron chi connectivity index (χ1n) is 10.2. The average molecular weight is 465 g/mol. The lowest BCUT2D eigenvalue weighted by atomic mass is 10.1. The third-order valence-electron chi connectivity index (χ3n) is 5.54. The normalized spacial score (nSPS) is 12.8. The summed E-state index contributed by atoms with van der Waals surface area (Å²) >= 11 is 2.62. The predicted molar refractivity (Wildman–Crippen MR) is 128 cm³/mol. The Morgan fingerprint density at radius 3 is 2.69 bits per heavy atom. The fourth-order valence-electron chi connectivity index (χ4n) is 4.04. The molecule has 2 heterocycles. The van der Waals surface area contributed by atoms with Crippen molar-refractivity contribution in [2.24, 2.45) is 0 Å². The van der Waals surface area contributed by atoms with Crippen molar-refractivity contribution >= 4 is 45.0 Å². The van der Waals surface area contributed by atoms with Crippen molar-refractivity contribution in [3.05, 3.63) is 80.5 Å². The number of thiazole rings is 1. The number of amides is 1. The van der Waals surface area contributed by atoms with E-state index in [0.29, 0.717) is 20.4 Å². The summed E-state index contributed by atoms with van der Waals surface area (Å²) in [7, 11) is 0. The number of aromatic nitrogens is 3. The molecule has 0 radical (unpaired) electrons. The van der Waals surface area contributed by atoms with Gasteiger partial charge in [0.15, 0.2) is 9.99 Å². The van der Waals surface area contributed by atoms with Crippen molar-refractivity contribution in [1.82, 2.24) is 14.1 Å². The van der Waals surface area contributed by atoms with E-state index in [0.717, 1.165) is 23.8 Å². The minimum absolute atomic E-state index is 0.239. The van der Waals surface area contributed by atoms with Crippen molar-refractivity contribution in [3.8, 4) is 5.69 Å². The average Bonchev–Trinajstić information content (AvgIpc) is 3.44. The number of hydrogen-bond donors (Lipinski definition) is 1. The zero-order valence-electron chi connectivity index (χ0n) is 17.3. The molecule has 5 rings (SSSR count). The Hall–Kier alpha value is -3.17. The third-order valence-corrected chi connectivity index (χ3v) is 7.56. The molecule has 4 aromatic rings. The van der Waals surface area contributed by atoms with Crippen LogP contribution in [0.1, 0.15) is 17.5 Å². The standard InChI is InChI=1S/C23H20N4O3S2/c1-31-22-25-20-19(32-22)21(29)27(17-8-3-2-4-9-17)23(30)26(20)13-18(28)24-16-11-10-14-6-5-7-15(14)12-16/h2-4,8-12H,5-7,13H2,1H3,(H,24,28). The maximum atomic E-state index is 13.3. The van der Waals surface area contributed by atoms with Crippen molar-refractivity contribution in [1.29, 1.82) is 0 Å². The molecule has 0 spiro atoms. The highest BCUT2D eigenvalue weighted by atomic mass is 32.2. The molecule has 0 bridgehead atoms. The molecule has 7 nitrogen and oxygen atoms in total. The van der Waals surface area contributed by atoms with E-state index >= 15 is 0 Å². The molecular weight excluding hydrogens is 444 g/mol. The molecule has 9 heteroatoms. The van der Waals surface area contributed by atoms with Crippen LogP contribution < -0.4 is 16.6 Å². The van der Waals surface area contributed by atoms with Crippen LogP contribution in [0.5, 0.6) is 0 Å². The third kappa shape index (κ3) is 3.67. The second-order valence-corrected chi connectivity index (χ2v) is 9.62. The Labute approximate surface area is 191 Å². The molecule has 1 aliphatic rings. The fourth-order valence-corrected chi connectivity index (χ4v) is 5.54. The van der Waals surface area contributed by atoms with Crippen LogP contribution in [0.25, 0.3) is 16.0 Å². The summed E-state index contributed by atoms with van der Waals surface area (Å²) in [4.78, 5) is 43.8. The molecule has 0 fully saturated rings. The molecule has 0 saturated heterocycles. The Balaban J connectivity index is 1.56. The van der Waals surface area contributed by atoms with E-state index in [-0.39, 0.29) is 18.1 Å². The van der Waals surface area contributed by atoms with Crippen LogP contribution in [0.2, 0.25) is 0 Å². The molecule has 1 amide bonds. The van der Waals surface area contributed by atoms with E-state index in [4.69, 9.17) is 0 Å². The molecule has 2 aromatic carbocycles. The second-order valence-electron chi connectivity index (χ2n) is 7.57. The lowest BCUT2D eigenvalue weighted by Crippen LogP contribution is -2.40. The van der Waals surface area contributed by atoms with Gasteiger partial charge in [-0.15, -0.1) is 11.3 Å². The number of thioether (sulfide) groups is 1. The quantitative estimate of drug-likeness (QED) is 0.457. The number of nitrogens with zero attached hydrogens (tertiary/aromatic N) is 3. The van der Waals surface area contributed by atoms with Gasteiger partial charge in [0.1, 0.15) is 11.2 Å². The highest BCUT2D eigenvalue weighted by Gasteiger charge is 2.20. The Bertz CT molecular complexity index is 1450. The van der Waals surface area contributed by atoms with E-state index in [1.165, 1.54) is 38.8 Å². The first-order chi connectivity index (χ1) is 15.5. The van der Waals surface area contributed by atoms with E-state index in [1.54, 1.807) is 24.3 Å². The van der Waals surface area contributed by atoms with Gasteiger partial charge in [-0.1, -0.05) is 36.0 Å². The van der Waals surface area contributed by atoms with Gasteiger partial charge in [-0.25, -0.2) is 14.3 Å². The molecule has 2 aromatic heterocycles. The lowest BCUT2D eigenvalue weighted by molar-refractivity contribution is -0.116. The van der Waals surface area contributed by atoms with Crippen molar-refractivity contribution in [2.45, 2.75) is 30.1 Å². The van der Waals surface area contributed by atoms with Crippen molar-refractivity contribution in [2.75, 3.05) is 11.6 Å². The summed E-state index contributed by atoms with van der Waals surface area (Å²) in [6.45, 7) is -0.239. The molecular formula is C23H20N4O3S2. The van der Waals surface area contributed by atoms with Gasteiger partial charge in [-0.05, 0) is 60.9 Å². The molecule has 0 aliphatic heterocycles. The SMILES string of the molecule is CSc1nc2c(s1)c(=O)n(-c1ccccc1)c(=O)n2CC(=O)Nc1ccc2c(c1)CCC2. The van der Waals surface area contributed by atoms with E-state index in [1.807, 2.05) is 30.5 Å². The first-order valence-corrected chi connectivity index (χ1v) is 12.3. The maximum Gasteiger partial charge on any atom is 0.337 e. The zero-order valence-corrected chi connectivity index (χ0v) is 19.0. The number of benzene rings is 2. The Morgan fingerprint density at radius 2 is 1.91 bits per heavy atom. The van der Waals surface area contributed by atoms with Gasteiger partial charge >= 0.3 is 5.69 Å². The van der Waals surface area contributed by atoms with Crippen LogP contribution in [0.4, 0.5) is 5.69 Å². The van der Waals surface area contributed by atoms with Crippen molar-refractivity contribution < 1.29 is 4.79 Å². The number of para-hydroxylation sites is 1. The van der Waals surface area contributed by atoms with Gasteiger partial charge in [-0.3, -0.25) is 14.2 Å². The number of aryl methyl sites for hydroxylation is 2. The van der Waals surface area contributed by atoms with Gasteiger partial charge in [0.2, 0.25) is 5.91 Å². The van der Waals surface area contributed by atoms with E-state index in [2.05, 4.69) is 10.3 Å². The van der Waals surface area contributed by atoms with Crippen molar-refractivity contribution in [3.63, 3.8) is 0 Å². The minimum atomic E-state index is -0.587. The van der Waals surface area contributed by atoms with Crippen LogP contribution in [-0.4, -0.2) is 26.3 Å². The number of carbonyl (C=O) groups excluding carboxylic acids is 1. The molecule has 32 heavy (non-hydrogen) atoms. The number of fused-ring (bicyclic) bond motifs is 2. The number of anilines is 1. The molecule has 1 aliphatic carbocycles. The molecule has 0 saturated carbocycles. The maximum absolute atomic E-state index is 13.3. The molecule has 0 atom stereocenters. The summed E-state index contributed by atoms with van der Waals surface area (Å²) in [6.07, 6.45) is 5.07. The molecule has 162 valence electrons. The number of carbonyl (C=O) groups is 1. The van der Waals surface area contributed by atoms with E-state index in [9.17, 15) is 14.4 Å². The van der Waals surface area contributed by atoms with Gasteiger partial charge in [-0.2, -0.15) is 0 Å².